The minimum absolute atomic E-state index is 0.0280. The van der Waals surface area contributed by atoms with Crippen LogP contribution in [-0.2, 0) is 9.31 Å². The van der Waals surface area contributed by atoms with Crippen LogP contribution in [0.3, 0.4) is 0 Å². The normalized spacial score (nSPS) is 19.3. The first-order chi connectivity index (χ1) is 10.1. The SMILES string of the molecule is CCOc1cc(B2OC(C)(C)C(C)(C)O2)cc(F)c1C(=O)O. The molecular weight excluding hydrogens is 290 g/mol. The molecule has 0 bridgehead atoms. The van der Waals surface area contributed by atoms with E-state index >= 15 is 0 Å². The van der Waals surface area contributed by atoms with Crippen LogP contribution < -0.4 is 10.2 Å². The molecule has 1 aliphatic heterocycles. The number of carboxylic acids is 1. The molecule has 1 fully saturated rings. The molecule has 1 aromatic carbocycles. The minimum atomic E-state index is -1.37. The number of rotatable bonds is 4. The van der Waals surface area contributed by atoms with Gasteiger partial charge in [0.1, 0.15) is 17.1 Å². The monoisotopic (exact) mass is 310 g/mol. The molecule has 0 spiro atoms. The first-order valence-electron chi connectivity index (χ1n) is 7.14. The van der Waals surface area contributed by atoms with Gasteiger partial charge in [-0.1, -0.05) is 0 Å². The van der Waals surface area contributed by atoms with Crippen molar-refractivity contribution in [2.75, 3.05) is 6.61 Å². The Labute approximate surface area is 129 Å². The molecule has 0 saturated carbocycles. The van der Waals surface area contributed by atoms with Crippen molar-refractivity contribution in [3.63, 3.8) is 0 Å². The van der Waals surface area contributed by atoms with Gasteiger partial charge < -0.3 is 19.2 Å². The third-order valence-corrected chi connectivity index (χ3v) is 4.12. The van der Waals surface area contributed by atoms with Crippen molar-refractivity contribution in [1.82, 2.24) is 0 Å². The van der Waals surface area contributed by atoms with E-state index in [0.29, 0.717) is 5.46 Å². The zero-order valence-electron chi connectivity index (χ0n) is 13.4. The van der Waals surface area contributed by atoms with Crippen molar-refractivity contribution in [1.29, 1.82) is 0 Å². The lowest BCUT2D eigenvalue weighted by atomic mass is 9.78. The van der Waals surface area contributed by atoms with Crippen LogP contribution in [0.15, 0.2) is 12.1 Å². The highest BCUT2D eigenvalue weighted by Gasteiger charge is 2.52. The smallest absolute Gasteiger partial charge is 0.493 e. The van der Waals surface area contributed by atoms with E-state index in [4.69, 9.17) is 19.2 Å². The lowest BCUT2D eigenvalue weighted by Gasteiger charge is -2.32. The fraction of sp³-hybridized carbons (Fsp3) is 0.533. The van der Waals surface area contributed by atoms with Crippen LogP contribution >= 0.6 is 0 Å². The minimum Gasteiger partial charge on any atom is -0.493 e. The van der Waals surface area contributed by atoms with Gasteiger partial charge in [0.15, 0.2) is 0 Å². The van der Waals surface area contributed by atoms with Crippen molar-refractivity contribution >= 4 is 18.6 Å². The zero-order chi connectivity index (χ0) is 16.7. The first-order valence-corrected chi connectivity index (χ1v) is 7.14. The second kappa shape index (κ2) is 5.55. The van der Waals surface area contributed by atoms with Crippen LogP contribution in [0.1, 0.15) is 45.0 Å². The Morgan fingerprint density at radius 2 is 1.82 bits per heavy atom. The summed E-state index contributed by atoms with van der Waals surface area (Å²) in [5.74, 6) is -2.27. The van der Waals surface area contributed by atoms with Crippen LogP contribution in [0.5, 0.6) is 5.75 Å². The Hall–Kier alpha value is -1.60. The van der Waals surface area contributed by atoms with E-state index in [2.05, 4.69) is 0 Å². The highest BCUT2D eigenvalue weighted by molar-refractivity contribution is 6.62. The van der Waals surface area contributed by atoms with Gasteiger partial charge in [0.05, 0.1) is 17.8 Å². The molecule has 1 heterocycles. The van der Waals surface area contributed by atoms with Gasteiger partial charge in [-0.05, 0) is 52.2 Å². The van der Waals surface area contributed by atoms with Gasteiger partial charge in [-0.2, -0.15) is 0 Å². The number of aromatic carboxylic acids is 1. The number of halogens is 1. The van der Waals surface area contributed by atoms with Crippen LogP contribution in [-0.4, -0.2) is 36.0 Å². The van der Waals surface area contributed by atoms with Crippen molar-refractivity contribution in [3.8, 4) is 5.75 Å². The van der Waals surface area contributed by atoms with E-state index in [1.54, 1.807) is 6.92 Å². The Bertz CT molecular complexity index is 584. The molecule has 120 valence electrons. The average molecular weight is 310 g/mol. The van der Waals surface area contributed by atoms with Crippen LogP contribution in [0.4, 0.5) is 4.39 Å². The summed E-state index contributed by atoms with van der Waals surface area (Å²) in [7, 11) is -0.776. The van der Waals surface area contributed by atoms with Gasteiger partial charge in [0.2, 0.25) is 0 Å². The number of hydrogen-bond donors (Lipinski definition) is 1. The summed E-state index contributed by atoms with van der Waals surface area (Å²) >= 11 is 0. The third-order valence-electron chi connectivity index (χ3n) is 4.12. The van der Waals surface area contributed by atoms with Gasteiger partial charge in [-0.3, -0.25) is 0 Å². The maximum Gasteiger partial charge on any atom is 0.495 e. The Morgan fingerprint density at radius 3 is 2.27 bits per heavy atom. The Kier molecular flexibility index (Phi) is 4.23. The molecule has 0 amide bonds. The van der Waals surface area contributed by atoms with E-state index in [1.165, 1.54) is 6.07 Å². The van der Waals surface area contributed by atoms with Crippen molar-refractivity contribution < 1.29 is 28.3 Å². The summed E-state index contributed by atoms with van der Waals surface area (Å²) < 4.78 is 31.1. The molecule has 0 radical (unpaired) electrons. The van der Waals surface area contributed by atoms with Crippen LogP contribution in [0.25, 0.3) is 0 Å². The summed E-state index contributed by atoms with van der Waals surface area (Å²) in [5, 5.41) is 9.11. The zero-order valence-corrected chi connectivity index (χ0v) is 13.4. The molecule has 7 heteroatoms. The molecule has 2 rings (SSSR count). The molecule has 1 N–H and O–H groups in total. The van der Waals surface area contributed by atoms with Crippen molar-refractivity contribution in [3.05, 3.63) is 23.5 Å². The predicted molar refractivity (Wildman–Crippen MR) is 80.2 cm³/mol. The summed E-state index contributed by atoms with van der Waals surface area (Å²) in [5.41, 5.74) is -1.22. The first kappa shape index (κ1) is 16.8. The molecule has 1 aromatic rings. The van der Waals surface area contributed by atoms with E-state index in [-0.39, 0.29) is 12.4 Å². The molecule has 1 aliphatic rings. The van der Waals surface area contributed by atoms with Gasteiger partial charge in [-0.15, -0.1) is 0 Å². The second-order valence-electron chi connectivity index (χ2n) is 6.20. The number of carboxylic acid groups (broad SMARTS) is 1. The summed E-state index contributed by atoms with van der Waals surface area (Å²) in [6, 6.07) is 2.58. The Balaban J connectivity index is 2.44. The largest absolute Gasteiger partial charge is 0.495 e. The number of carbonyl (C=O) groups is 1. The summed E-state index contributed by atoms with van der Waals surface area (Å²) in [4.78, 5) is 11.2. The fourth-order valence-corrected chi connectivity index (χ4v) is 2.19. The lowest BCUT2D eigenvalue weighted by Crippen LogP contribution is -2.41. The predicted octanol–water partition coefficient (Wildman–Crippen LogP) is 2.22. The van der Waals surface area contributed by atoms with Gasteiger partial charge >= 0.3 is 13.1 Å². The summed E-state index contributed by atoms with van der Waals surface area (Å²) in [6.07, 6.45) is 0. The van der Waals surface area contributed by atoms with Crippen LogP contribution in [0, 0.1) is 5.82 Å². The molecule has 0 atom stereocenters. The summed E-state index contributed by atoms with van der Waals surface area (Å²) in [6.45, 7) is 9.48. The lowest BCUT2D eigenvalue weighted by molar-refractivity contribution is 0.00578. The third kappa shape index (κ3) is 2.83. The molecule has 22 heavy (non-hydrogen) atoms. The quantitative estimate of drug-likeness (QED) is 0.864. The standard InChI is InChI=1S/C15H20BFO5/c1-6-20-11-8-9(7-10(17)12(11)13(18)19)16-21-14(2,3)15(4,5)22-16/h7-8H,6H2,1-5H3,(H,18,19). The highest BCUT2D eigenvalue weighted by Crippen LogP contribution is 2.37. The number of benzene rings is 1. The number of hydrogen-bond acceptors (Lipinski definition) is 4. The van der Waals surface area contributed by atoms with Crippen LogP contribution in [0.2, 0.25) is 0 Å². The highest BCUT2D eigenvalue weighted by atomic mass is 19.1. The topological polar surface area (TPSA) is 65.0 Å². The molecular formula is C15H20BFO5. The molecule has 0 unspecified atom stereocenters. The Morgan fingerprint density at radius 1 is 1.27 bits per heavy atom. The average Bonchev–Trinajstić information content (AvgIpc) is 2.57. The molecule has 0 aliphatic carbocycles. The van der Waals surface area contributed by atoms with Gasteiger partial charge in [0, 0.05) is 0 Å². The van der Waals surface area contributed by atoms with Gasteiger partial charge in [-0.25, -0.2) is 9.18 Å². The molecule has 0 aromatic heterocycles. The maximum atomic E-state index is 14.2. The maximum absolute atomic E-state index is 14.2. The van der Waals surface area contributed by atoms with E-state index in [0.717, 1.165) is 6.07 Å². The van der Waals surface area contributed by atoms with Crippen molar-refractivity contribution in [2.45, 2.75) is 45.8 Å². The van der Waals surface area contributed by atoms with Crippen molar-refractivity contribution in [2.24, 2.45) is 0 Å². The number of ether oxygens (including phenoxy) is 1. The molecule has 5 nitrogen and oxygen atoms in total. The van der Waals surface area contributed by atoms with E-state index in [1.807, 2.05) is 27.7 Å². The van der Waals surface area contributed by atoms with Gasteiger partial charge in [0.25, 0.3) is 0 Å². The second-order valence-corrected chi connectivity index (χ2v) is 6.20. The fourth-order valence-electron chi connectivity index (χ4n) is 2.19. The van der Waals surface area contributed by atoms with E-state index in [9.17, 15) is 9.18 Å². The van der Waals surface area contributed by atoms with E-state index < -0.39 is 35.7 Å². The molecule has 1 saturated heterocycles.